The molecule has 5 nitrogen and oxygen atoms in total. The van der Waals surface area contributed by atoms with Crippen LogP contribution in [-0.4, -0.2) is 48.0 Å². The third kappa shape index (κ3) is 3.79. The molecule has 0 bridgehead atoms. The van der Waals surface area contributed by atoms with Gasteiger partial charge in [0.1, 0.15) is 0 Å². The smallest absolute Gasteiger partial charge is 0.239 e. The minimum Gasteiger partial charge on any atom is -0.361 e. The molecule has 0 spiro atoms. The fraction of sp³-hybridized carbons (Fsp3) is 0.571. The lowest BCUT2D eigenvalue weighted by Crippen LogP contribution is -2.49. The van der Waals surface area contributed by atoms with Crippen LogP contribution in [0, 0.1) is 11.8 Å². The third-order valence-corrected chi connectivity index (χ3v) is 6.29. The van der Waals surface area contributed by atoms with Crippen LogP contribution in [0.5, 0.6) is 0 Å². The first kappa shape index (κ1) is 17.6. The lowest BCUT2D eigenvalue weighted by Gasteiger charge is -2.38. The predicted molar refractivity (Wildman–Crippen MR) is 105 cm³/mol. The molecule has 2 aliphatic rings. The Morgan fingerprint density at radius 2 is 1.85 bits per heavy atom. The summed E-state index contributed by atoms with van der Waals surface area (Å²) in [7, 11) is 0. The number of amides is 1. The van der Waals surface area contributed by atoms with Crippen molar-refractivity contribution in [2.45, 2.75) is 38.1 Å². The molecule has 2 aliphatic heterocycles. The van der Waals surface area contributed by atoms with Gasteiger partial charge >= 0.3 is 0 Å². The van der Waals surface area contributed by atoms with Crippen LogP contribution in [0.3, 0.4) is 0 Å². The second-order valence-electron chi connectivity index (χ2n) is 7.96. The predicted octanol–water partition coefficient (Wildman–Crippen LogP) is 2.28. The molecule has 5 heteroatoms. The van der Waals surface area contributed by atoms with Crippen LogP contribution in [0.15, 0.2) is 30.5 Å². The maximum Gasteiger partial charge on any atom is 0.239 e. The summed E-state index contributed by atoms with van der Waals surface area (Å²) in [6, 6.07) is 7.86. The van der Waals surface area contributed by atoms with E-state index in [1.165, 1.54) is 18.2 Å². The number of hydrogen-bond acceptors (Lipinski definition) is 3. The first-order valence-electron chi connectivity index (χ1n) is 10.0. The molecule has 4 N–H and O–H groups in total. The van der Waals surface area contributed by atoms with Gasteiger partial charge in [-0.05, 0) is 86.2 Å². The highest BCUT2D eigenvalue weighted by molar-refractivity contribution is 5.83. The molecule has 0 aliphatic carbocycles. The maximum absolute atomic E-state index is 12.8. The lowest BCUT2D eigenvalue weighted by molar-refractivity contribution is -0.134. The number of carbonyl (C=O) groups excluding carboxylic acids is 1. The molecule has 1 aromatic carbocycles. The number of aromatic amines is 1. The van der Waals surface area contributed by atoms with Gasteiger partial charge in [0, 0.05) is 24.8 Å². The fourth-order valence-corrected chi connectivity index (χ4v) is 4.71. The summed E-state index contributed by atoms with van der Waals surface area (Å²) < 4.78 is 0. The Morgan fingerprint density at radius 3 is 2.62 bits per heavy atom. The van der Waals surface area contributed by atoms with Crippen LogP contribution in [0.25, 0.3) is 10.9 Å². The Hall–Kier alpha value is -1.85. The fourth-order valence-electron chi connectivity index (χ4n) is 4.71. The Labute approximate surface area is 155 Å². The van der Waals surface area contributed by atoms with E-state index in [2.05, 4.69) is 34.6 Å². The molecule has 1 aromatic heterocycles. The number of likely N-dealkylation sites (tertiary alicyclic amines) is 1. The molecular weight excluding hydrogens is 324 g/mol. The van der Waals surface area contributed by atoms with Crippen LogP contribution >= 0.6 is 0 Å². The molecule has 3 heterocycles. The number of H-pyrrole nitrogens is 1. The van der Waals surface area contributed by atoms with E-state index in [1.807, 2.05) is 11.1 Å². The van der Waals surface area contributed by atoms with Crippen molar-refractivity contribution in [2.75, 3.05) is 26.2 Å². The van der Waals surface area contributed by atoms with E-state index in [1.54, 1.807) is 0 Å². The third-order valence-electron chi connectivity index (χ3n) is 6.29. The molecule has 140 valence electrons. The maximum atomic E-state index is 12.8. The number of nitrogens with two attached hydrogens (primary N) is 1. The minimum atomic E-state index is -0.443. The normalized spacial score (nSPS) is 21.2. The van der Waals surface area contributed by atoms with E-state index < -0.39 is 6.04 Å². The molecule has 2 fully saturated rings. The van der Waals surface area contributed by atoms with Crippen molar-refractivity contribution in [3.05, 3.63) is 36.0 Å². The molecule has 1 unspecified atom stereocenters. The number of nitrogens with zero attached hydrogens (tertiary/aromatic N) is 1. The molecule has 4 rings (SSSR count). The van der Waals surface area contributed by atoms with E-state index in [0.717, 1.165) is 61.9 Å². The summed E-state index contributed by atoms with van der Waals surface area (Å²) in [5.41, 5.74) is 8.52. The van der Waals surface area contributed by atoms with Gasteiger partial charge in [-0.3, -0.25) is 4.79 Å². The number of hydrogen-bond donors (Lipinski definition) is 3. The van der Waals surface area contributed by atoms with Crippen LogP contribution in [0.1, 0.15) is 31.2 Å². The van der Waals surface area contributed by atoms with E-state index in [-0.39, 0.29) is 5.91 Å². The standard InChI is InChI=1S/C21H30N4O/c22-19(14-15-1-2-20-18(13-15)5-10-24-20)21(26)25-11-6-17(7-12-25)16-3-8-23-9-4-16/h1-2,5,10,13,16-17,19,23-24H,3-4,6-9,11-12,14,22H2. The second-order valence-corrected chi connectivity index (χ2v) is 7.96. The zero-order valence-corrected chi connectivity index (χ0v) is 15.4. The first-order chi connectivity index (χ1) is 12.7. The van der Waals surface area contributed by atoms with Gasteiger partial charge in [0.05, 0.1) is 6.04 Å². The Morgan fingerprint density at radius 1 is 1.12 bits per heavy atom. The van der Waals surface area contributed by atoms with Gasteiger partial charge in [-0.15, -0.1) is 0 Å². The summed E-state index contributed by atoms with van der Waals surface area (Å²) in [4.78, 5) is 18.0. The average Bonchev–Trinajstić information content (AvgIpc) is 3.16. The number of piperidine rings is 2. The Bertz CT molecular complexity index is 741. The van der Waals surface area contributed by atoms with Gasteiger partial charge in [-0.25, -0.2) is 0 Å². The SMILES string of the molecule is NC(Cc1ccc2[nH]ccc2c1)C(=O)N1CCC(C2CCNCC2)CC1. The van der Waals surface area contributed by atoms with Crippen molar-refractivity contribution < 1.29 is 4.79 Å². The monoisotopic (exact) mass is 354 g/mol. The number of fused-ring (bicyclic) bond motifs is 1. The quantitative estimate of drug-likeness (QED) is 0.788. The zero-order chi connectivity index (χ0) is 17.9. The highest BCUT2D eigenvalue weighted by Gasteiger charge is 2.30. The topological polar surface area (TPSA) is 74.2 Å². The number of aromatic nitrogens is 1. The van der Waals surface area contributed by atoms with E-state index in [9.17, 15) is 4.79 Å². The van der Waals surface area contributed by atoms with Crippen LogP contribution in [0.4, 0.5) is 0 Å². The van der Waals surface area contributed by atoms with Crippen LogP contribution < -0.4 is 11.1 Å². The van der Waals surface area contributed by atoms with Crippen LogP contribution in [0.2, 0.25) is 0 Å². The van der Waals surface area contributed by atoms with E-state index in [4.69, 9.17) is 5.73 Å². The summed E-state index contributed by atoms with van der Waals surface area (Å²) >= 11 is 0. The van der Waals surface area contributed by atoms with Crippen molar-refractivity contribution in [1.29, 1.82) is 0 Å². The van der Waals surface area contributed by atoms with Gasteiger partial charge < -0.3 is 20.9 Å². The molecule has 0 radical (unpaired) electrons. The highest BCUT2D eigenvalue weighted by Crippen LogP contribution is 2.31. The van der Waals surface area contributed by atoms with Gasteiger partial charge in [-0.1, -0.05) is 6.07 Å². The Balaban J connectivity index is 1.31. The minimum absolute atomic E-state index is 0.114. The molecule has 1 atom stereocenters. The van der Waals surface area contributed by atoms with Crippen molar-refractivity contribution >= 4 is 16.8 Å². The summed E-state index contributed by atoms with van der Waals surface area (Å²) in [5.74, 6) is 1.74. The number of carbonyl (C=O) groups is 1. The van der Waals surface area contributed by atoms with Gasteiger partial charge in [0.25, 0.3) is 0 Å². The molecule has 26 heavy (non-hydrogen) atoms. The highest BCUT2D eigenvalue weighted by atomic mass is 16.2. The molecule has 1 amide bonds. The first-order valence-corrected chi connectivity index (χ1v) is 10.0. The van der Waals surface area contributed by atoms with Crippen molar-refractivity contribution in [3.8, 4) is 0 Å². The number of benzene rings is 1. The van der Waals surface area contributed by atoms with Crippen molar-refractivity contribution in [3.63, 3.8) is 0 Å². The van der Waals surface area contributed by atoms with Crippen molar-refractivity contribution in [2.24, 2.45) is 17.6 Å². The van der Waals surface area contributed by atoms with E-state index >= 15 is 0 Å². The zero-order valence-electron chi connectivity index (χ0n) is 15.4. The molecule has 2 aromatic rings. The number of rotatable bonds is 4. The Kier molecular flexibility index (Phi) is 5.27. The molecule has 0 saturated carbocycles. The van der Waals surface area contributed by atoms with Gasteiger partial charge in [0.15, 0.2) is 0 Å². The lowest BCUT2D eigenvalue weighted by atomic mass is 9.79. The second kappa shape index (κ2) is 7.80. The largest absolute Gasteiger partial charge is 0.361 e. The van der Waals surface area contributed by atoms with Crippen LogP contribution in [-0.2, 0) is 11.2 Å². The average molecular weight is 354 g/mol. The molecule has 2 saturated heterocycles. The summed E-state index contributed by atoms with van der Waals surface area (Å²) in [6.45, 7) is 4.05. The van der Waals surface area contributed by atoms with Gasteiger partial charge in [-0.2, -0.15) is 0 Å². The van der Waals surface area contributed by atoms with Crippen molar-refractivity contribution in [1.82, 2.24) is 15.2 Å². The number of nitrogens with one attached hydrogen (secondary N) is 2. The summed E-state index contributed by atoms with van der Waals surface area (Å²) in [6.07, 6.45) is 7.40. The molecular formula is C21H30N4O. The summed E-state index contributed by atoms with van der Waals surface area (Å²) in [5, 5.41) is 4.62. The van der Waals surface area contributed by atoms with E-state index in [0.29, 0.717) is 6.42 Å². The van der Waals surface area contributed by atoms with Gasteiger partial charge in [0.2, 0.25) is 5.91 Å².